The fourth-order valence-corrected chi connectivity index (χ4v) is 5.19. The van der Waals surface area contributed by atoms with Gasteiger partial charge in [-0.15, -0.1) is 0 Å². The molecule has 1 aliphatic rings. The van der Waals surface area contributed by atoms with Crippen molar-refractivity contribution in [2.75, 3.05) is 18.5 Å². The van der Waals surface area contributed by atoms with Crippen LogP contribution in [0.3, 0.4) is 0 Å². The van der Waals surface area contributed by atoms with Crippen LogP contribution in [-0.4, -0.2) is 46.3 Å². The van der Waals surface area contributed by atoms with Gasteiger partial charge in [-0.3, -0.25) is 14.5 Å². The third kappa shape index (κ3) is 8.11. The van der Waals surface area contributed by atoms with Crippen LogP contribution in [0.15, 0.2) is 77.8 Å². The molecule has 1 unspecified atom stereocenters. The molecular formula is C29H25ClF3N3O4S. The van der Waals surface area contributed by atoms with E-state index < -0.39 is 28.9 Å². The molecule has 1 atom stereocenters. The van der Waals surface area contributed by atoms with Crippen LogP contribution in [0.2, 0.25) is 5.02 Å². The van der Waals surface area contributed by atoms with Crippen LogP contribution in [0.5, 0.6) is 0 Å². The molecule has 1 aliphatic heterocycles. The average molecular weight is 604 g/mol. The number of anilines is 1. The number of rotatable bonds is 8. The van der Waals surface area contributed by atoms with E-state index in [1.807, 2.05) is 12.1 Å². The molecule has 3 aromatic rings. The SMILES string of the molecule is CCOC(=O)c1ccc(NC(=O)C2CC(=O)N(CCc3ccc(Cl)cc3)C(=Nc3cccc(C(F)(F)F)c3)S2)cc1. The summed E-state index contributed by atoms with van der Waals surface area (Å²) in [4.78, 5) is 44.0. The molecule has 0 aromatic heterocycles. The summed E-state index contributed by atoms with van der Waals surface area (Å²) in [7, 11) is 0. The highest BCUT2D eigenvalue weighted by molar-refractivity contribution is 8.15. The molecule has 41 heavy (non-hydrogen) atoms. The van der Waals surface area contributed by atoms with Gasteiger partial charge in [0.25, 0.3) is 0 Å². The Labute approximate surface area is 243 Å². The van der Waals surface area contributed by atoms with Crippen molar-refractivity contribution in [3.63, 3.8) is 0 Å². The van der Waals surface area contributed by atoms with Gasteiger partial charge >= 0.3 is 12.1 Å². The Kier molecular flexibility index (Phi) is 9.72. The number of amidine groups is 1. The number of ether oxygens (including phenoxy) is 1. The van der Waals surface area contributed by atoms with Gasteiger partial charge in [-0.2, -0.15) is 13.2 Å². The lowest BCUT2D eigenvalue weighted by molar-refractivity contribution is -0.137. The number of carbonyl (C=O) groups is 3. The fraction of sp³-hybridized carbons (Fsp3) is 0.241. The van der Waals surface area contributed by atoms with E-state index in [0.29, 0.717) is 22.7 Å². The zero-order valence-corrected chi connectivity index (χ0v) is 23.4. The van der Waals surface area contributed by atoms with E-state index in [1.165, 1.54) is 41.3 Å². The maximum Gasteiger partial charge on any atom is 0.416 e. The van der Waals surface area contributed by atoms with Crippen molar-refractivity contribution in [2.24, 2.45) is 4.99 Å². The second-order valence-corrected chi connectivity index (χ2v) is 10.6. The van der Waals surface area contributed by atoms with Gasteiger partial charge in [0.15, 0.2) is 5.17 Å². The number of aliphatic imine (C=N–C) groups is 1. The number of benzene rings is 3. The van der Waals surface area contributed by atoms with Crippen LogP contribution < -0.4 is 5.32 Å². The molecule has 12 heteroatoms. The third-order valence-corrected chi connectivity index (χ3v) is 7.47. The van der Waals surface area contributed by atoms with Gasteiger partial charge in [-0.25, -0.2) is 9.79 Å². The lowest BCUT2D eigenvalue weighted by Crippen LogP contribution is -2.46. The maximum absolute atomic E-state index is 13.3. The molecule has 1 N–H and O–H groups in total. The summed E-state index contributed by atoms with van der Waals surface area (Å²) in [6, 6.07) is 17.6. The van der Waals surface area contributed by atoms with Gasteiger partial charge in [0, 0.05) is 23.7 Å². The van der Waals surface area contributed by atoms with Gasteiger partial charge in [0.2, 0.25) is 11.8 Å². The average Bonchev–Trinajstić information content (AvgIpc) is 2.93. The Morgan fingerprint density at radius 3 is 2.46 bits per heavy atom. The molecule has 0 saturated carbocycles. The minimum absolute atomic E-state index is 0.00207. The normalized spacial score (nSPS) is 16.5. The second kappa shape index (κ2) is 13.2. The van der Waals surface area contributed by atoms with Crippen LogP contribution in [-0.2, 0) is 26.9 Å². The van der Waals surface area contributed by atoms with Crippen LogP contribution in [0.1, 0.15) is 34.8 Å². The van der Waals surface area contributed by atoms with Crippen molar-refractivity contribution in [1.29, 1.82) is 0 Å². The second-order valence-electron chi connectivity index (χ2n) is 8.96. The van der Waals surface area contributed by atoms with Crippen LogP contribution in [0, 0.1) is 0 Å². The molecule has 0 aliphatic carbocycles. The van der Waals surface area contributed by atoms with Gasteiger partial charge < -0.3 is 10.1 Å². The molecule has 2 amide bonds. The third-order valence-electron chi connectivity index (χ3n) is 6.03. The minimum Gasteiger partial charge on any atom is -0.462 e. The Hall–Kier alpha value is -3.83. The summed E-state index contributed by atoms with van der Waals surface area (Å²) in [6.07, 6.45) is -4.26. The van der Waals surface area contributed by atoms with E-state index >= 15 is 0 Å². The van der Waals surface area contributed by atoms with Crippen molar-refractivity contribution in [1.82, 2.24) is 4.90 Å². The van der Waals surface area contributed by atoms with Gasteiger partial charge in [-0.05, 0) is 73.5 Å². The maximum atomic E-state index is 13.3. The first-order valence-electron chi connectivity index (χ1n) is 12.6. The lowest BCUT2D eigenvalue weighted by Gasteiger charge is -2.32. The quantitative estimate of drug-likeness (QED) is 0.288. The van der Waals surface area contributed by atoms with E-state index in [0.717, 1.165) is 29.5 Å². The standard InChI is InChI=1S/C29H25ClF3N3O4S/c1-2-40-27(39)19-8-12-22(13-9-19)34-26(38)24-17-25(37)36(15-14-18-6-10-21(30)11-7-18)28(41-24)35-23-5-3-4-20(16-23)29(31,32)33/h3-13,16,24H,2,14-15,17H2,1H3,(H,34,38). The largest absolute Gasteiger partial charge is 0.462 e. The number of halogens is 4. The molecular weight excluding hydrogens is 579 g/mol. The lowest BCUT2D eigenvalue weighted by atomic mass is 10.1. The van der Waals surface area contributed by atoms with E-state index in [1.54, 1.807) is 19.1 Å². The molecule has 0 radical (unpaired) electrons. The Morgan fingerprint density at radius 1 is 1.10 bits per heavy atom. The number of carbonyl (C=O) groups excluding carboxylic acids is 3. The number of amides is 2. The highest BCUT2D eigenvalue weighted by atomic mass is 35.5. The summed E-state index contributed by atoms with van der Waals surface area (Å²) < 4.78 is 44.8. The minimum atomic E-state index is -4.56. The summed E-state index contributed by atoms with van der Waals surface area (Å²) in [5.74, 6) is -1.37. The first-order valence-corrected chi connectivity index (χ1v) is 13.8. The summed E-state index contributed by atoms with van der Waals surface area (Å²) in [5.41, 5.74) is 0.746. The number of nitrogens with one attached hydrogen (secondary N) is 1. The number of hydrogen-bond acceptors (Lipinski definition) is 6. The number of hydrogen-bond donors (Lipinski definition) is 1. The molecule has 1 saturated heterocycles. The monoisotopic (exact) mass is 603 g/mol. The predicted molar refractivity (Wildman–Crippen MR) is 152 cm³/mol. The molecule has 214 valence electrons. The Bertz CT molecular complexity index is 1450. The van der Waals surface area contributed by atoms with E-state index in [4.69, 9.17) is 16.3 Å². The predicted octanol–water partition coefficient (Wildman–Crippen LogP) is 6.74. The fourth-order valence-electron chi connectivity index (χ4n) is 3.94. The van der Waals surface area contributed by atoms with E-state index in [-0.39, 0.29) is 36.3 Å². The molecule has 3 aromatic carbocycles. The number of esters is 1. The Balaban J connectivity index is 1.55. The number of thioether (sulfide) groups is 1. The van der Waals surface area contributed by atoms with Gasteiger partial charge in [0.05, 0.1) is 23.4 Å². The zero-order valence-electron chi connectivity index (χ0n) is 21.8. The molecule has 0 bridgehead atoms. The van der Waals surface area contributed by atoms with Gasteiger partial charge in [0.1, 0.15) is 5.25 Å². The molecule has 1 fully saturated rings. The first kappa shape index (κ1) is 30.1. The molecule has 1 heterocycles. The zero-order chi connectivity index (χ0) is 29.6. The van der Waals surface area contributed by atoms with Crippen molar-refractivity contribution in [3.05, 3.63) is 94.5 Å². The first-order chi connectivity index (χ1) is 19.5. The highest BCUT2D eigenvalue weighted by Crippen LogP contribution is 2.34. The Morgan fingerprint density at radius 2 is 1.80 bits per heavy atom. The topological polar surface area (TPSA) is 88.1 Å². The van der Waals surface area contributed by atoms with Gasteiger partial charge in [-0.1, -0.05) is 41.6 Å². The molecule has 0 spiro atoms. The van der Waals surface area contributed by atoms with Crippen LogP contribution >= 0.6 is 23.4 Å². The van der Waals surface area contributed by atoms with Crippen molar-refractivity contribution >= 4 is 57.7 Å². The van der Waals surface area contributed by atoms with E-state index in [2.05, 4.69) is 10.3 Å². The summed E-state index contributed by atoms with van der Waals surface area (Å²) in [5, 5.41) is 2.52. The van der Waals surface area contributed by atoms with Crippen LogP contribution in [0.25, 0.3) is 0 Å². The van der Waals surface area contributed by atoms with Crippen molar-refractivity contribution in [2.45, 2.75) is 31.2 Å². The van der Waals surface area contributed by atoms with Crippen LogP contribution in [0.4, 0.5) is 24.5 Å². The summed E-state index contributed by atoms with van der Waals surface area (Å²) in [6.45, 7) is 2.12. The van der Waals surface area contributed by atoms with Crippen molar-refractivity contribution in [3.8, 4) is 0 Å². The van der Waals surface area contributed by atoms with Crippen molar-refractivity contribution < 1.29 is 32.3 Å². The number of alkyl halides is 3. The highest BCUT2D eigenvalue weighted by Gasteiger charge is 2.36. The smallest absolute Gasteiger partial charge is 0.416 e. The number of nitrogens with zero attached hydrogens (tertiary/aromatic N) is 2. The van der Waals surface area contributed by atoms with E-state index in [9.17, 15) is 27.6 Å². The summed E-state index contributed by atoms with van der Waals surface area (Å²) >= 11 is 6.95. The molecule has 4 rings (SSSR count). The molecule has 7 nitrogen and oxygen atoms in total.